The molecule has 0 saturated heterocycles. The minimum atomic E-state index is -0.0408. The molecule has 0 unspecified atom stereocenters. The maximum absolute atomic E-state index is 11.9. The quantitative estimate of drug-likeness (QED) is 0.696. The summed E-state index contributed by atoms with van der Waals surface area (Å²) in [6, 6.07) is 3.47. The fourth-order valence-corrected chi connectivity index (χ4v) is 1.30. The van der Waals surface area contributed by atoms with Crippen molar-refractivity contribution in [2.45, 2.75) is 13.8 Å². The first kappa shape index (κ1) is 11.3. The molecule has 1 aromatic rings. The Bertz CT molecular complexity index is 393. The van der Waals surface area contributed by atoms with E-state index in [4.69, 9.17) is 6.42 Å². The van der Waals surface area contributed by atoms with Gasteiger partial charge in [0.15, 0.2) is 0 Å². The lowest BCUT2D eigenvalue weighted by Crippen LogP contribution is -2.31. The van der Waals surface area contributed by atoms with E-state index in [9.17, 15) is 4.79 Å². The van der Waals surface area contributed by atoms with Gasteiger partial charge in [0, 0.05) is 24.0 Å². The molecule has 3 heteroatoms. The summed E-state index contributed by atoms with van der Waals surface area (Å²) in [5.74, 6) is 2.43. The van der Waals surface area contributed by atoms with Crippen LogP contribution in [0, 0.1) is 19.3 Å². The first-order chi connectivity index (χ1) is 7.19. The van der Waals surface area contributed by atoms with E-state index in [2.05, 4.69) is 10.9 Å². The Morgan fingerprint density at radius 3 is 2.93 bits per heavy atom. The molecular formula is C12H14N2O. The summed E-state index contributed by atoms with van der Waals surface area (Å²) < 4.78 is 0. The zero-order valence-electron chi connectivity index (χ0n) is 9.03. The molecule has 0 spiro atoms. The molecule has 0 aliphatic carbocycles. The van der Waals surface area contributed by atoms with Crippen LogP contribution < -0.4 is 0 Å². The molecule has 1 heterocycles. The third kappa shape index (κ3) is 2.81. The molecule has 0 radical (unpaired) electrons. The van der Waals surface area contributed by atoms with E-state index in [0.29, 0.717) is 18.7 Å². The van der Waals surface area contributed by atoms with Crippen LogP contribution in [0.1, 0.15) is 23.0 Å². The number of nitrogens with zero attached hydrogens (tertiary/aromatic N) is 2. The van der Waals surface area contributed by atoms with Crippen molar-refractivity contribution in [2.75, 3.05) is 13.1 Å². The van der Waals surface area contributed by atoms with Gasteiger partial charge in [-0.1, -0.05) is 5.92 Å². The lowest BCUT2D eigenvalue weighted by molar-refractivity contribution is 0.0784. The van der Waals surface area contributed by atoms with Crippen molar-refractivity contribution < 1.29 is 4.79 Å². The highest BCUT2D eigenvalue weighted by Crippen LogP contribution is 2.05. The number of hydrogen-bond acceptors (Lipinski definition) is 2. The minimum Gasteiger partial charge on any atom is -0.328 e. The van der Waals surface area contributed by atoms with E-state index in [1.807, 2.05) is 13.8 Å². The number of amides is 1. The van der Waals surface area contributed by atoms with Crippen molar-refractivity contribution in [1.82, 2.24) is 9.88 Å². The van der Waals surface area contributed by atoms with Crippen LogP contribution in [0.5, 0.6) is 0 Å². The van der Waals surface area contributed by atoms with E-state index in [-0.39, 0.29) is 5.91 Å². The second-order valence-corrected chi connectivity index (χ2v) is 3.21. The Balaban J connectivity index is 2.88. The SMILES string of the molecule is C#CCN(CC)C(=O)c1ccnc(C)c1. The molecule has 0 fully saturated rings. The summed E-state index contributed by atoms with van der Waals surface area (Å²) in [7, 11) is 0. The smallest absolute Gasteiger partial charge is 0.254 e. The van der Waals surface area contributed by atoms with Crippen molar-refractivity contribution in [3.05, 3.63) is 29.6 Å². The summed E-state index contributed by atoms with van der Waals surface area (Å²) >= 11 is 0. The third-order valence-corrected chi connectivity index (χ3v) is 2.09. The molecule has 0 aliphatic heterocycles. The van der Waals surface area contributed by atoms with Gasteiger partial charge >= 0.3 is 0 Å². The molecule has 0 atom stereocenters. The minimum absolute atomic E-state index is 0.0408. The second kappa shape index (κ2) is 5.16. The van der Waals surface area contributed by atoms with Crippen LogP contribution in [-0.2, 0) is 0 Å². The number of rotatable bonds is 3. The summed E-state index contributed by atoms with van der Waals surface area (Å²) in [6.45, 7) is 4.72. The fraction of sp³-hybridized carbons (Fsp3) is 0.333. The maximum atomic E-state index is 11.9. The van der Waals surface area contributed by atoms with Crippen LogP contribution in [0.15, 0.2) is 18.3 Å². The Morgan fingerprint density at radius 1 is 1.67 bits per heavy atom. The van der Waals surface area contributed by atoms with Crippen LogP contribution in [0.3, 0.4) is 0 Å². The molecule has 1 aromatic heterocycles. The predicted molar refractivity (Wildman–Crippen MR) is 59.4 cm³/mol. The molecule has 0 saturated carbocycles. The van der Waals surface area contributed by atoms with Crippen LogP contribution >= 0.6 is 0 Å². The van der Waals surface area contributed by atoms with Gasteiger partial charge in [-0.3, -0.25) is 9.78 Å². The molecule has 0 aliphatic rings. The van der Waals surface area contributed by atoms with Crippen molar-refractivity contribution in [3.63, 3.8) is 0 Å². The number of aromatic nitrogens is 1. The largest absolute Gasteiger partial charge is 0.328 e. The van der Waals surface area contributed by atoms with Gasteiger partial charge in [-0.05, 0) is 26.0 Å². The Hall–Kier alpha value is -1.82. The first-order valence-corrected chi connectivity index (χ1v) is 4.84. The van der Waals surface area contributed by atoms with Crippen LogP contribution in [-0.4, -0.2) is 28.9 Å². The molecule has 1 rings (SSSR count). The van der Waals surface area contributed by atoms with Crippen molar-refractivity contribution in [1.29, 1.82) is 0 Å². The average Bonchev–Trinajstić information content (AvgIpc) is 2.25. The van der Waals surface area contributed by atoms with Crippen molar-refractivity contribution in [2.24, 2.45) is 0 Å². The molecule has 0 N–H and O–H groups in total. The lowest BCUT2D eigenvalue weighted by Gasteiger charge is -2.17. The van der Waals surface area contributed by atoms with Crippen molar-refractivity contribution in [3.8, 4) is 12.3 Å². The first-order valence-electron chi connectivity index (χ1n) is 4.84. The Kier molecular flexibility index (Phi) is 3.87. The van der Waals surface area contributed by atoms with Crippen LogP contribution in [0.2, 0.25) is 0 Å². The third-order valence-electron chi connectivity index (χ3n) is 2.09. The zero-order chi connectivity index (χ0) is 11.3. The highest BCUT2D eigenvalue weighted by atomic mass is 16.2. The number of pyridine rings is 1. The fourth-order valence-electron chi connectivity index (χ4n) is 1.30. The van der Waals surface area contributed by atoms with E-state index < -0.39 is 0 Å². The highest BCUT2D eigenvalue weighted by Gasteiger charge is 2.12. The average molecular weight is 202 g/mol. The molecule has 1 amide bonds. The molecule has 3 nitrogen and oxygen atoms in total. The molecular weight excluding hydrogens is 188 g/mol. The van der Waals surface area contributed by atoms with Crippen LogP contribution in [0.25, 0.3) is 0 Å². The molecule has 0 aromatic carbocycles. The number of aryl methyl sites for hydroxylation is 1. The molecule has 15 heavy (non-hydrogen) atoms. The molecule has 0 bridgehead atoms. The van der Waals surface area contributed by atoms with Gasteiger partial charge in [-0.2, -0.15) is 0 Å². The van der Waals surface area contributed by atoms with Gasteiger partial charge in [-0.25, -0.2) is 0 Å². The lowest BCUT2D eigenvalue weighted by atomic mass is 10.2. The Morgan fingerprint density at radius 2 is 2.40 bits per heavy atom. The normalized spacial score (nSPS) is 9.40. The van der Waals surface area contributed by atoms with E-state index in [1.54, 1.807) is 23.2 Å². The van der Waals surface area contributed by atoms with Crippen molar-refractivity contribution >= 4 is 5.91 Å². The van der Waals surface area contributed by atoms with Gasteiger partial charge in [0.1, 0.15) is 0 Å². The van der Waals surface area contributed by atoms with E-state index >= 15 is 0 Å². The summed E-state index contributed by atoms with van der Waals surface area (Å²) in [5.41, 5.74) is 1.47. The standard InChI is InChI=1S/C12H14N2O/c1-4-8-14(5-2)12(15)11-6-7-13-10(3)9-11/h1,6-7,9H,5,8H2,2-3H3. The summed E-state index contributed by atoms with van der Waals surface area (Å²) in [4.78, 5) is 17.6. The Labute approximate surface area is 90.1 Å². The van der Waals surface area contributed by atoms with Gasteiger partial charge < -0.3 is 4.90 Å². The summed E-state index contributed by atoms with van der Waals surface area (Å²) in [6.07, 6.45) is 6.83. The van der Waals surface area contributed by atoms with Gasteiger partial charge in [0.25, 0.3) is 5.91 Å². The maximum Gasteiger partial charge on any atom is 0.254 e. The van der Waals surface area contributed by atoms with E-state index in [0.717, 1.165) is 5.69 Å². The van der Waals surface area contributed by atoms with Gasteiger partial charge in [-0.15, -0.1) is 6.42 Å². The topological polar surface area (TPSA) is 33.2 Å². The number of terminal acetylenes is 1. The van der Waals surface area contributed by atoms with E-state index in [1.165, 1.54) is 0 Å². The highest BCUT2D eigenvalue weighted by molar-refractivity contribution is 5.94. The monoisotopic (exact) mass is 202 g/mol. The molecule has 78 valence electrons. The van der Waals surface area contributed by atoms with Crippen LogP contribution in [0.4, 0.5) is 0 Å². The van der Waals surface area contributed by atoms with Gasteiger partial charge in [0.05, 0.1) is 6.54 Å². The van der Waals surface area contributed by atoms with Gasteiger partial charge in [0.2, 0.25) is 0 Å². The zero-order valence-corrected chi connectivity index (χ0v) is 9.03. The predicted octanol–water partition coefficient (Wildman–Crippen LogP) is 1.49. The second-order valence-electron chi connectivity index (χ2n) is 3.21. The number of carbonyl (C=O) groups is 1. The number of carbonyl (C=O) groups excluding carboxylic acids is 1. The number of hydrogen-bond donors (Lipinski definition) is 0. The summed E-state index contributed by atoms with van der Waals surface area (Å²) in [5, 5.41) is 0.